The van der Waals surface area contributed by atoms with Gasteiger partial charge in [-0.1, -0.05) is 19.8 Å². The van der Waals surface area contributed by atoms with Crippen molar-refractivity contribution in [3.05, 3.63) is 18.7 Å². The molecule has 21 heteroatoms. The van der Waals surface area contributed by atoms with Gasteiger partial charge in [-0.3, -0.25) is 0 Å². The van der Waals surface area contributed by atoms with Crippen LogP contribution in [0.2, 0.25) is 0 Å². The molecule has 0 spiro atoms. The number of aryl methyl sites for hydroxylation is 2. The van der Waals surface area contributed by atoms with E-state index in [0.717, 1.165) is 0 Å². The van der Waals surface area contributed by atoms with Crippen LogP contribution < -0.4 is 4.57 Å². The third-order valence-corrected chi connectivity index (χ3v) is 9.27. The first-order valence-corrected chi connectivity index (χ1v) is 12.0. The molecule has 0 aliphatic heterocycles. The number of rotatable bonds is 8. The second-order valence-electron chi connectivity index (χ2n) is 7.78. The molecule has 1 rings (SSSR count). The van der Waals surface area contributed by atoms with Gasteiger partial charge < -0.3 is 0 Å². The summed E-state index contributed by atoms with van der Waals surface area (Å²) >= 11 is 0. The summed E-state index contributed by atoms with van der Waals surface area (Å²) in [6, 6.07) is 0. The van der Waals surface area contributed by atoms with Crippen molar-refractivity contribution in [3.8, 4) is 0 Å². The molecule has 37 heavy (non-hydrogen) atoms. The Morgan fingerprint density at radius 2 is 0.973 bits per heavy atom. The number of alkyl halides is 15. The zero-order valence-electron chi connectivity index (χ0n) is 18.4. The molecule has 0 N–H and O–H groups in total. The topological polar surface area (TPSA) is 8.81 Å². The van der Waals surface area contributed by atoms with Crippen LogP contribution in [0.4, 0.5) is 78.4 Å². The van der Waals surface area contributed by atoms with E-state index < -0.39 is 42.4 Å². The van der Waals surface area contributed by atoms with Gasteiger partial charge in [-0.2, -0.15) is 0 Å². The van der Waals surface area contributed by atoms with Crippen molar-refractivity contribution in [3.63, 3.8) is 0 Å². The second-order valence-corrected chi connectivity index (χ2v) is 12.0. The first kappa shape index (κ1) is 35.4. The first-order valence-electron chi connectivity index (χ1n) is 9.60. The Hall–Kier alpha value is -1.62. The molecule has 0 radical (unpaired) electrons. The van der Waals surface area contributed by atoms with Gasteiger partial charge in [0.2, 0.25) is 6.33 Å². The fraction of sp³-hybridized carbons (Fsp3) is 0.812. The predicted octanol–water partition coefficient (Wildman–Crippen LogP) is 9.09. The Bertz CT molecular complexity index is 838. The van der Waals surface area contributed by atoms with Gasteiger partial charge in [-0.25, -0.2) is 9.13 Å². The van der Waals surface area contributed by atoms with Crippen LogP contribution in [0.3, 0.4) is 0 Å². The number of halogens is 18. The molecule has 0 fully saturated rings. The van der Waals surface area contributed by atoms with E-state index in [1.807, 2.05) is 0 Å². The van der Waals surface area contributed by atoms with Crippen molar-refractivity contribution in [2.45, 2.75) is 74.7 Å². The molecule has 0 bridgehead atoms. The summed E-state index contributed by atoms with van der Waals surface area (Å²) in [4.78, 5) is 0. The third-order valence-electron chi connectivity index (χ3n) is 4.91. The van der Waals surface area contributed by atoms with Crippen molar-refractivity contribution >= 4 is 6.88 Å². The second kappa shape index (κ2) is 9.54. The molecule has 1 heterocycles. The van der Waals surface area contributed by atoms with Crippen LogP contribution in [0, 0.1) is 0 Å². The van der Waals surface area contributed by atoms with Gasteiger partial charge >= 0.3 is 121 Å². The molecule has 0 aliphatic rings. The van der Waals surface area contributed by atoms with Gasteiger partial charge in [-0.05, 0) is 12.8 Å². The number of hydrogen-bond acceptors (Lipinski definition) is 0. The van der Waals surface area contributed by atoms with Crippen molar-refractivity contribution in [2.75, 3.05) is 0 Å². The van der Waals surface area contributed by atoms with Crippen LogP contribution in [0.25, 0.3) is 0 Å². The van der Waals surface area contributed by atoms with E-state index in [2.05, 4.69) is 41.8 Å². The van der Waals surface area contributed by atoms with E-state index in [-0.39, 0.29) is 0 Å². The zero-order valence-corrected chi connectivity index (χ0v) is 19.3. The standard InChI is InChI=1S/C10H19N2.C6F18P/c1-3-4-5-6-7-12-9-8-11(2)10-12;7-1(8,9)4(16,17)25(22,23,24,5(18,19)2(10,11)12)6(20,21)3(13,14)15/h8-10H,3-7H2,1-2H3;/q+1;-1. The van der Waals surface area contributed by atoms with E-state index >= 15 is 0 Å². The first-order chi connectivity index (χ1) is 15.9. The van der Waals surface area contributed by atoms with Crippen LogP contribution in [0.1, 0.15) is 32.6 Å². The number of aromatic nitrogens is 2. The van der Waals surface area contributed by atoms with Gasteiger partial charge in [0.25, 0.3) is 0 Å². The van der Waals surface area contributed by atoms with Crippen molar-refractivity contribution in [2.24, 2.45) is 7.05 Å². The van der Waals surface area contributed by atoms with Gasteiger partial charge in [-0.15, -0.1) is 0 Å². The van der Waals surface area contributed by atoms with Crippen molar-refractivity contribution in [1.29, 1.82) is 0 Å². The minimum absolute atomic E-state index is 1.17. The number of hydrogen-bond donors (Lipinski definition) is 0. The summed E-state index contributed by atoms with van der Waals surface area (Å²) in [7, 11) is 2.06. The monoisotopic (exact) mass is 612 g/mol. The molecule has 2 nitrogen and oxygen atoms in total. The summed E-state index contributed by atoms with van der Waals surface area (Å²) in [5.41, 5.74) is -29.3. The van der Waals surface area contributed by atoms with E-state index in [1.165, 1.54) is 32.2 Å². The van der Waals surface area contributed by atoms with E-state index in [1.54, 1.807) is 0 Å². The number of unbranched alkanes of at least 4 members (excludes halogenated alkanes) is 3. The Kier molecular flexibility index (Phi) is 9.12. The Morgan fingerprint density at radius 3 is 1.22 bits per heavy atom. The zero-order chi connectivity index (χ0) is 30.2. The van der Waals surface area contributed by atoms with Crippen molar-refractivity contribution < 1.29 is 83.0 Å². The van der Waals surface area contributed by atoms with Crippen LogP contribution in [0.15, 0.2) is 18.7 Å². The summed E-state index contributed by atoms with van der Waals surface area (Å²) < 4.78 is 227. The minimum atomic E-state index is -15.0. The molecular weight excluding hydrogens is 593 g/mol. The quantitative estimate of drug-likeness (QED) is 0.120. The SMILES string of the molecule is CCCCCCn1cc[n+](C)c1.FC(F)(F)C(F)(F)[P-](F)(F)(F)(C(F)(F)C(F)(F)F)C(F)(F)C(F)(F)F. The molecule has 224 valence electrons. The summed E-state index contributed by atoms with van der Waals surface area (Å²) in [5.74, 6) is 0. The molecule has 1 aromatic heterocycles. The van der Waals surface area contributed by atoms with E-state index in [0.29, 0.717) is 0 Å². The normalized spacial score (nSPS) is 16.5. The van der Waals surface area contributed by atoms with Crippen LogP contribution >= 0.6 is 6.88 Å². The molecule has 0 saturated heterocycles. The van der Waals surface area contributed by atoms with E-state index in [9.17, 15) is 78.4 Å². The summed E-state index contributed by atoms with van der Waals surface area (Å²) in [6.45, 7) is -11.6. The molecule has 0 atom stereocenters. The molecular formula is C16H19F18N2P. The van der Waals surface area contributed by atoms with Gasteiger partial charge in [0.15, 0.2) is 0 Å². The Balaban J connectivity index is 0.000000893. The molecule has 0 saturated carbocycles. The van der Waals surface area contributed by atoms with Gasteiger partial charge in [0.05, 0.1) is 13.6 Å². The van der Waals surface area contributed by atoms with Gasteiger partial charge in [0.1, 0.15) is 12.4 Å². The van der Waals surface area contributed by atoms with Crippen LogP contribution in [-0.2, 0) is 13.6 Å². The van der Waals surface area contributed by atoms with Crippen LogP contribution in [-0.4, -0.2) is 40.1 Å². The summed E-state index contributed by atoms with van der Waals surface area (Å²) in [5, 5.41) is 0. The average molecular weight is 612 g/mol. The Labute approximate surface area is 196 Å². The predicted molar refractivity (Wildman–Crippen MR) is 93.0 cm³/mol. The van der Waals surface area contributed by atoms with Crippen molar-refractivity contribution in [1.82, 2.24) is 4.57 Å². The molecule has 0 amide bonds. The van der Waals surface area contributed by atoms with Gasteiger partial charge in [0, 0.05) is 0 Å². The average Bonchev–Trinajstić information content (AvgIpc) is 3.07. The maximum absolute atomic E-state index is 15.0. The molecule has 0 unspecified atom stereocenters. The Morgan fingerprint density at radius 1 is 0.622 bits per heavy atom. The fourth-order valence-electron chi connectivity index (χ4n) is 2.70. The molecule has 0 aliphatic carbocycles. The number of imidazole rings is 1. The van der Waals surface area contributed by atoms with E-state index in [4.69, 9.17) is 0 Å². The van der Waals surface area contributed by atoms with Crippen LogP contribution in [0.5, 0.6) is 0 Å². The summed E-state index contributed by atoms with van der Waals surface area (Å²) in [6.07, 6.45) is -14.4. The fourth-order valence-corrected chi connectivity index (χ4v) is 5.38. The number of nitrogens with zero attached hydrogens (tertiary/aromatic N) is 2. The molecule has 0 aromatic carbocycles. The third kappa shape index (κ3) is 4.94. The molecule has 1 aromatic rings. The maximum atomic E-state index is 13.4.